The number of thiocarbonyl (C=S) groups is 1. The first-order valence-corrected chi connectivity index (χ1v) is 9.81. The fourth-order valence-electron chi connectivity index (χ4n) is 2.93. The number of hydrogen-bond donors (Lipinski definition) is 1. The zero-order valence-corrected chi connectivity index (χ0v) is 18.0. The Labute approximate surface area is 185 Å². The van der Waals surface area contributed by atoms with E-state index in [1.807, 2.05) is 24.3 Å². The summed E-state index contributed by atoms with van der Waals surface area (Å²) in [6.45, 7) is 4.16. The fraction of sp³-hybridized carbons (Fsp3) is 0.174. The molecule has 0 aromatic heterocycles. The van der Waals surface area contributed by atoms with Gasteiger partial charge >= 0.3 is 0 Å². The van der Waals surface area contributed by atoms with Gasteiger partial charge in [-0.2, -0.15) is 0 Å². The SMILES string of the molecule is C=CCN1C(=O)/C(=C/c2ccc(OCc3ccc(OC)cc3)c(OC)c2)C(=O)NC1=S. The number of amides is 2. The Morgan fingerprint density at radius 1 is 1.06 bits per heavy atom. The van der Waals surface area contributed by atoms with E-state index in [9.17, 15) is 9.59 Å². The molecule has 0 spiro atoms. The highest BCUT2D eigenvalue weighted by atomic mass is 32.1. The van der Waals surface area contributed by atoms with Crippen LogP contribution in [0.4, 0.5) is 0 Å². The van der Waals surface area contributed by atoms with Crippen molar-refractivity contribution in [1.82, 2.24) is 10.2 Å². The van der Waals surface area contributed by atoms with Gasteiger partial charge in [0.05, 0.1) is 14.2 Å². The predicted octanol–water partition coefficient (Wildman–Crippen LogP) is 3.10. The number of hydrogen-bond acceptors (Lipinski definition) is 6. The molecular weight excluding hydrogens is 416 g/mol. The molecule has 0 aliphatic carbocycles. The van der Waals surface area contributed by atoms with Gasteiger partial charge in [0.2, 0.25) is 0 Å². The van der Waals surface area contributed by atoms with Crippen LogP contribution in [0.2, 0.25) is 0 Å². The molecule has 1 heterocycles. The van der Waals surface area contributed by atoms with Crippen LogP contribution in [0.25, 0.3) is 6.08 Å². The summed E-state index contributed by atoms with van der Waals surface area (Å²) >= 11 is 5.06. The Morgan fingerprint density at radius 2 is 1.81 bits per heavy atom. The highest BCUT2D eigenvalue weighted by molar-refractivity contribution is 7.80. The third-order valence-corrected chi connectivity index (χ3v) is 4.87. The lowest BCUT2D eigenvalue weighted by molar-refractivity contribution is -0.128. The summed E-state index contributed by atoms with van der Waals surface area (Å²) in [6.07, 6.45) is 3.03. The van der Waals surface area contributed by atoms with Crippen LogP contribution in [0, 0.1) is 0 Å². The van der Waals surface area contributed by atoms with Gasteiger partial charge in [0.15, 0.2) is 16.6 Å². The van der Waals surface area contributed by atoms with Crippen LogP contribution in [-0.4, -0.2) is 42.6 Å². The van der Waals surface area contributed by atoms with E-state index >= 15 is 0 Å². The fourth-order valence-corrected chi connectivity index (χ4v) is 3.18. The predicted molar refractivity (Wildman–Crippen MR) is 121 cm³/mol. The van der Waals surface area contributed by atoms with Crippen LogP contribution in [0.15, 0.2) is 60.7 Å². The molecule has 1 saturated heterocycles. The summed E-state index contributed by atoms with van der Waals surface area (Å²) in [4.78, 5) is 26.2. The molecule has 2 amide bonds. The maximum atomic E-state index is 12.7. The van der Waals surface area contributed by atoms with E-state index < -0.39 is 11.8 Å². The molecule has 160 valence electrons. The van der Waals surface area contributed by atoms with E-state index in [1.54, 1.807) is 25.3 Å². The van der Waals surface area contributed by atoms with Crippen molar-refractivity contribution in [3.8, 4) is 17.2 Å². The second-order valence-corrected chi connectivity index (χ2v) is 6.96. The first-order valence-electron chi connectivity index (χ1n) is 9.40. The first-order chi connectivity index (χ1) is 15.0. The molecule has 1 fully saturated rings. The molecule has 0 bridgehead atoms. The largest absolute Gasteiger partial charge is 0.497 e. The van der Waals surface area contributed by atoms with E-state index in [4.69, 9.17) is 26.4 Å². The van der Waals surface area contributed by atoms with Crippen LogP contribution < -0.4 is 19.5 Å². The average molecular weight is 439 g/mol. The van der Waals surface area contributed by atoms with E-state index in [0.29, 0.717) is 23.7 Å². The molecule has 2 aromatic rings. The van der Waals surface area contributed by atoms with E-state index in [-0.39, 0.29) is 17.2 Å². The van der Waals surface area contributed by atoms with Crippen molar-refractivity contribution in [2.24, 2.45) is 0 Å². The summed E-state index contributed by atoms with van der Waals surface area (Å²) in [5, 5.41) is 2.58. The maximum Gasteiger partial charge on any atom is 0.265 e. The van der Waals surface area contributed by atoms with Crippen molar-refractivity contribution in [2.75, 3.05) is 20.8 Å². The topological polar surface area (TPSA) is 77.1 Å². The van der Waals surface area contributed by atoms with Gasteiger partial charge in [-0.05, 0) is 53.7 Å². The third-order valence-electron chi connectivity index (χ3n) is 4.55. The molecule has 8 heteroatoms. The number of nitrogens with one attached hydrogen (secondary N) is 1. The summed E-state index contributed by atoms with van der Waals surface area (Å²) in [7, 11) is 3.14. The van der Waals surface area contributed by atoms with Gasteiger partial charge in [-0.25, -0.2) is 0 Å². The number of carbonyl (C=O) groups excluding carboxylic acids is 2. The lowest BCUT2D eigenvalue weighted by atomic mass is 10.1. The second kappa shape index (κ2) is 9.90. The zero-order valence-electron chi connectivity index (χ0n) is 17.2. The molecule has 31 heavy (non-hydrogen) atoms. The molecule has 1 N–H and O–H groups in total. The molecule has 0 radical (unpaired) electrons. The zero-order chi connectivity index (χ0) is 22.4. The molecule has 1 aliphatic rings. The lowest BCUT2D eigenvalue weighted by Crippen LogP contribution is -2.53. The van der Waals surface area contributed by atoms with Crippen molar-refractivity contribution >= 4 is 35.2 Å². The lowest BCUT2D eigenvalue weighted by Gasteiger charge is -2.27. The molecule has 7 nitrogen and oxygen atoms in total. The van der Waals surface area contributed by atoms with Crippen molar-refractivity contribution in [3.63, 3.8) is 0 Å². The van der Waals surface area contributed by atoms with Gasteiger partial charge < -0.3 is 14.2 Å². The van der Waals surface area contributed by atoms with Crippen LogP contribution in [-0.2, 0) is 16.2 Å². The van der Waals surface area contributed by atoms with Crippen LogP contribution in [0.1, 0.15) is 11.1 Å². The Balaban J connectivity index is 1.79. The molecule has 0 unspecified atom stereocenters. The smallest absolute Gasteiger partial charge is 0.265 e. The Morgan fingerprint density at radius 3 is 2.45 bits per heavy atom. The highest BCUT2D eigenvalue weighted by Gasteiger charge is 2.32. The number of rotatable bonds is 8. The van der Waals surface area contributed by atoms with Gasteiger partial charge in [-0.15, -0.1) is 6.58 Å². The van der Waals surface area contributed by atoms with Crippen molar-refractivity contribution in [1.29, 1.82) is 0 Å². The molecular formula is C23H22N2O5S. The van der Waals surface area contributed by atoms with Crippen molar-refractivity contribution in [2.45, 2.75) is 6.61 Å². The van der Waals surface area contributed by atoms with E-state index in [1.165, 1.54) is 24.2 Å². The Bertz CT molecular complexity index is 1050. The van der Waals surface area contributed by atoms with Crippen LogP contribution >= 0.6 is 12.2 Å². The number of methoxy groups -OCH3 is 2. The van der Waals surface area contributed by atoms with Gasteiger partial charge in [-0.1, -0.05) is 24.3 Å². The Kier molecular flexibility index (Phi) is 7.04. The van der Waals surface area contributed by atoms with Gasteiger partial charge in [0.1, 0.15) is 17.9 Å². The normalized spacial score (nSPS) is 15.0. The number of carbonyl (C=O) groups is 2. The van der Waals surface area contributed by atoms with Gasteiger partial charge in [0, 0.05) is 6.54 Å². The van der Waals surface area contributed by atoms with E-state index in [2.05, 4.69) is 11.9 Å². The molecule has 0 saturated carbocycles. The number of nitrogens with zero attached hydrogens (tertiary/aromatic N) is 1. The quantitative estimate of drug-likeness (QED) is 0.295. The van der Waals surface area contributed by atoms with Crippen LogP contribution in [0.3, 0.4) is 0 Å². The van der Waals surface area contributed by atoms with Gasteiger partial charge in [-0.3, -0.25) is 19.8 Å². The average Bonchev–Trinajstić information content (AvgIpc) is 2.78. The summed E-state index contributed by atoms with van der Waals surface area (Å²) in [6, 6.07) is 12.7. The van der Waals surface area contributed by atoms with E-state index in [0.717, 1.165) is 11.3 Å². The second-order valence-electron chi connectivity index (χ2n) is 6.57. The van der Waals surface area contributed by atoms with Crippen molar-refractivity contribution in [3.05, 3.63) is 71.8 Å². The number of ether oxygens (including phenoxy) is 3. The monoisotopic (exact) mass is 438 g/mol. The highest BCUT2D eigenvalue weighted by Crippen LogP contribution is 2.30. The first kappa shape index (κ1) is 22.0. The van der Waals surface area contributed by atoms with Gasteiger partial charge in [0.25, 0.3) is 11.8 Å². The minimum absolute atomic E-state index is 0.0237. The van der Waals surface area contributed by atoms with Crippen LogP contribution in [0.5, 0.6) is 17.2 Å². The minimum atomic E-state index is -0.547. The third kappa shape index (κ3) is 5.10. The summed E-state index contributed by atoms with van der Waals surface area (Å²) in [5.41, 5.74) is 1.56. The van der Waals surface area contributed by atoms with Crippen molar-refractivity contribution < 1.29 is 23.8 Å². The molecule has 1 aliphatic heterocycles. The number of benzene rings is 2. The maximum absolute atomic E-state index is 12.7. The summed E-state index contributed by atoms with van der Waals surface area (Å²) < 4.78 is 16.4. The minimum Gasteiger partial charge on any atom is -0.497 e. The molecule has 3 rings (SSSR count). The standard InChI is InChI=1S/C23H22N2O5S/c1-4-11-25-22(27)18(21(26)24-23(25)31)12-16-7-10-19(20(13-16)29-3)30-14-15-5-8-17(28-2)9-6-15/h4-10,12-13H,1,11,14H2,2-3H3,(H,24,26,31)/b18-12+. The molecule has 0 atom stereocenters. The summed E-state index contributed by atoms with van der Waals surface area (Å²) in [5.74, 6) is 0.758. The molecule has 2 aromatic carbocycles. The Hall–Kier alpha value is -3.65.